The highest BCUT2D eigenvalue weighted by molar-refractivity contribution is 4.92. The molecule has 0 aliphatic heterocycles. The Morgan fingerprint density at radius 3 is 1.59 bits per heavy atom. The fourth-order valence-corrected chi connectivity index (χ4v) is 4.30. The fraction of sp³-hybridized carbons (Fsp3) is 0.938. The standard InChI is InChI=1S/C16H27N/c1-13(17-2)16(14-9-5-3-6-10-14)15-11-7-4-8-12-15/h13-16H,3-12H2,1H3. The Kier molecular flexibility index (Phi) is 4.89. The Morgan fingerprint density at radius 1 is 0.824 bits per heavy atom. The molecule has 0 radical (unpaired) electrons. The molecule has 0 amide bonds. The van der Waals surface area contributed by atoms with Gasteiger partial charge in [0, 0.05) is 12.8 Å². The molecule has 17 heavy (non-hydrogen) atoms. The van der Waals surface area contributed by atoms with Gasteiger partial charge in [-0.2, -0.15) is 0 Å². The molecule has 96 valence electrons. The van der Waals surface area contributed by atoms with E-state index < -0.39 is 0 Å². The van der Waals surface area contributed by atoms with E-state index in [1.165, 1.54) is 64.2 Å². The van der Waals surface area contributed by atoms with E-state index in [1.807, 2.05) is 0 Å². The molecule has 0 N–H and O–H groups in total. The van der Waals surface area contributed by atoms with E-state index in [0.29, 0.717) is 5.92 Å². The molecular formula is C16H27N. The van der Waals surface area contributed by atoms with Crippen LogP contribution in [0.4, 0.5) is 0 Å². The number of nitrogens with zero attached hydrogens (tertiary/aromatic N) is 1. The lowest BCUT2D eigenvalue weighted by molar-refractivity contribution is 0.134. The van der Waals surface area contributed by atoms with Gasteiger partial charge in [-0.3, -0.25) is 0 Å². The van der Waals surface area contributed by atoms with Crippen LogP contribution in [0, 0.1) is 24.3 Å². The molecule has 2 fully saturated rings. The minimum absolute atomic E-state index is 0.265. The van der Waals surface area contributed by atoms with Crippen molar-refractivity contribution in [2.75, 3.05) is 0 Å². The van der Waals surface area contributed by atoms with Crippen molar-refractivity contribution in [3.8, 4) is 0 Å². The first-order valence-corrected chi connectivity index (χ1v) is 7.69. The first-order chi connectivity index (χ1) is 8.33. The number of hydrogen-bond donors (Lipinski definition) is 0. The summed E-state index contributed by atoms with van der Waals surface area (Å²) >= 11 is 0. The maximum Gasteiger partial charge on any atom is 0.224 e. The molecule has 1 nitrogen and oxygen atoms in total. The van der Waals surface area contributed by atoms with E-state index in [0.717, 1.165) is 11.8 Å². The summed E-state index contributed by atoms with van der Waals surface area (Å²) < 4.78 is 0. The SMILES string of the molecule is [C-]#[N+]C(C)C(C1CCCCC1)C1CCCCC1. The zero-order valence-corrected chi connectivity index (χ0v) is 11.3. The van der Waals surface area contributed by atoms with Gasteiger partial charge in [0.1, 0.15) is 0 Å². The second-order valence-corrected chi connectivity index (χ2v) is 6.24. The van der Waals surface area contributed by atoms with Crippen LogP contribution in [0.1, 0.15) is 71.1 Å². The van der Waals surface area contributed by atoms with Crippen LogP contribution in [0.2, 0.25) is 0 Å². The molecular weight excluding hydrogens is 206 g/mol. The van der Waals surface area contributed by atoms with E-state index in [-0.39, 0.29) is 6.04 Å². The van der Waals surface area contributed by atoms with Crippen LogP contribution in [-0.4, -0.2) is 6.04 Å². The summed E-state index contributed by atoms with van der Waals surface area (Å²) in [5, 5.41) is 0. The van der Waals surface area contributed by atoms with Gasteiger partial charge >= 0.3 is 0 Å². The van der Waals surface area contributed by atoms with Crippen LogP contribution in [-0.2, 0) is 0 Å². The van der Waals surface area contributed by atoms with Gasteiger partial charge in [-0.15, -0.1) is 0 Å². The van der Waals surface area contributed by atoms with E-state index in [9.17, 15) is 0 Å². The highest BCUT2D eigenvalue weighted by Gasteiger charge is 2.37. The number of hydrogen-bond acceptors (Lipinski definition) is 0. The maximum atomic E-state index is 7.40. The first-order valence-electron chi connectivity index (χ1n) is 7.69. The number of rotatable bonds is 3. The lowest BCUT2D eigenvalue weighted by atomic mass is 9.67. The van der Waals surface area contributed by atoms with Gasteiger partial charge in [0.2, 0.25) is 6.04 Å². The van der Waals surface area contributed by atoms with Crippen molar-refractivity contribution in [1.82, 2.24) is 0 Å². The average molecular weight is 233 g/mol. The molecule has 2 rings (SSSR count). The van der Waals surface area contributed by atoms with Gasteiger partial charge < -0.3 is 4.85 Å². The molecule has 1 heteroatoms. The van der Waals surface area contributed by atoms with Crippen molar-refractivity contribution >= 4 is 0 Å². The molecule has 1 atom stereocenters. The highest BCUT2D eigenvalue weighted by atomic mass is 14.7. The molecule has 0 heterocycles. The Morgan fingerprint density at radius 2 is 1.24 bits per heavy atom. The lowest BCUT2D eigenvalue weighted by Crippen LogP contribution is -2.33. The van der Waals surface area contributed by atoms with Crippen molar-refractivity contribution in [3.05, 3.63) is 11.4 Å². The van der Waals surface area contributed by atoms with Gasteiger partial charge in [0.15, 0.2) is 0 Å². The summed E-state index contributed by atoms with van der Waals surface area (Å²) in [6, 6.07) is 0.265. The molecule has 0 aromatic carbocycles. The topological polar surface area (TPSA) is 4.36 Å². The average Bonchev–Trinajstić information content (AvgIpc) is 2.41. The summed E-state index contributed by atoms with van der Waals surface area (Å²) in [4.78, 5) is 3.89. The second kappa shape index (κ2) is 6.43. The van der Waals surface area contributed by atoms with Crippen molar-refractivity contribution in [2.45, 2.75) is 77.2 Å². The molecule has 0 spiro atoms. The van der Waals surface area contributed by atoms with E-state index in [2.05, 4.69) is 11.8 Å². The third kappa shape index (κ3) is 3.24. The molecule has 1 unspecified atom stereocenters. The second-order valence-electron chi connectivity index (χ2n) is 6.24. The van der Waals surface area contributed by atoms with Gasteiger partial charge in [0.05, 0.1) is 0 Å². The molecule has 2 aliphatic rings. The summed E-state index contributed by atoms with van der Waals surface area (Å²) in [7, 11) is 0. The van der Waals surface area contributed by atoms with Crippen molar-refractivity contribution < 1.29 is 0 Å². The van der Waals surface area contributed by atoms with Crippen molar-refractivity contribution in [3.63, 3.8) is 0 Å². The zero-order chi connectivity index (χ0) is 12.1. The Hall–Kier alpha value is -0.510. The van der Waals surface area contributed by atoms with Crippen LogP contribution < -0.4 is 0 Å². The van der Waals surface area contributed by atoms with Gasteiger partial charge in [-0.1, -0.05) is 38.5 Å². The normalized spacial score (nSPS) is 25.7. The first kappa shape index (κ1) is 12.9. The molecule has 0 saturated heterocycles. The Bertz CT molecular complexity index is 235. The van der Waals surface area contributed by atoms with E-state index in [4.69, 9.17) is 6.57 Å². The highest BCUT2D eigenvalue weighted by Crippen LogP contribution is 2.42. The summed E-state index contributed by atoms with van der Waals surface area (Å²) in [5.74, 6) is 2.46. The Labute approximate surface area is 107 Å². The van der Waals surface area contributed by atoms with Crippen LogP contribution in [0.3, 0.4) is 0 Å². The van der Waals surface area contributed by atoms with Crippen LogP contribution >= 0.6 is 0 Å². The van der Waals surface area contributed by atoms with Crippen molar-refractivity contribution in [2.24, 2.45) is 17.8 Å². The Balaban J connectivity index is 2.03. The summed E-state index contributed by atoms with van der Waals surface area (Å²) in [6.07, 6.45) is 14.1. The molecule has 0 aromatic heterocycles. The quantitative estimate of drug-likeness (QED) is 0.599. The molecule has 2 saturated carbocycles. The van der Waals surface area contributed by atoms with E-state index >= 15 is 0 Å². The maximum absolute atomic E-state index is 7.40. The zero-order valence-electron chi connectivity index (χ0n) is 11.3. The van der Waals surface area contributed by atoms with Gasteiger partial charge in [-0.25, -0.2) is 6.57 Å². The summed E-state index contributed by atoms with van der Waals surface area (Å²) in [5.41, 5.74) is 0. The van der Waals surface area contributed by atoms with Crippen molar-refractivity contribution in [1.29, 1.82) is 0 Å². The largest absolute Gasteiger partial charge is 0.314 e. The smallest absolute Gasteiger partial charge is 0.224 e. The monoisotopic (exact) mass is 233 g/mol. The third-order valence-electron chi connectivity index (χ3n) is 5.15. The molecule has 0 aromatic rings. The van der Waals surface area contributed by atoms with Crippen LogP contribution in [0.15, 0.2) is 0 Å². The fourth-order valence-electron chi connectivity index (χ4n) is 4.30. The van der Waals surface area contributed by atoms with Gasteiger partial charge in [0.25, 0.3) is 0 Å². The molecule has 0 bridgehead atoms. The lowest BCUT2D eigenvalue weighted by Gasteiger charge is -2.37. The summed E-state index contributed by atoms with van der Waals surface area (Å²) in [6.45, 7) is 9.58. The third-order valence-corrected chi connectivity index (χ3v) is 5.15. The minimum Gasteiger partial charge on any atom is -0.314 e. The van der Waals surface area contributed by atoms with E-state index in [1.54, 1.807) is 0 Å². The predicted molar refractivity (Wildman–Crippen MR) is 72.7 cm³/mol. The van der Waals surface area contributed by atoms with Gasteiger partial charge in [-0.05, 0) is 37.5 Å². The van der Waals surface area contributed by atoms with Crippen LogP contribution in [0.25, 0.3) is 4.85 Å². The predicted octanol–water partition coefficient (Wildman–Crippen LogP) is 5.07. The minimum atomic E-state index is 0.265. The van der Waals surface area contributed by atoms with Crippen LogP contribution in [0.5, 0.6) is 0 Å². The molecule has 2 aliphatic carbocycles.